The zero-order valence-corrected chi connectivity index (χ0v) is 9.39. The minimum Gasteiger partial charge on any atom is -0.357 e. The van der Waals surface area contributed by atoms with E-state index in [0.29, 0.717) is 0 Å². The molecule has 2 heterocycles. The van der Waals surface area contributed by atoms with E-state index in [1.54, 1.807) is 6.33 Å². The van der Waals surface area contributed by atoms with Gasteiger partial charge in [0.25, 0.3) is 0 Å². The first-order chi connectivity index (χ1) is 7.40. The molecule has 1 aromatic rings. The fourth-order valence-electron chi connectivity index (χ4n) is 2.33. The Morgan fingerprint density at radius 3 is 2.80 bits per heavy atom. The normalized spacial score (nSPS) is 18.1. The first-order valence-corrected chi connectivity index (χ1v) is 5.91. The van der Waals surface area contributed by atoms with E-state index in [9.17, 15) is 0 Å². The summed E-state index contributed by atoms with van der Waals surface area (Å²) in [6.45, 7) is 4.58. The third-order valence-corrected chi connectivity index (χ3v) is 3.20. The molecule has 3 heteroatoms. The third kappa shape index (κ3) is 2.67. The average molecular weight is 205 g/mol. The highest BCUT2D eigenvalue weighted by Crippen LogP contribution is 2.24. The summed E-state index contributed by atoms with van der Waals surface area (Å²) in [6, 6.07) is 2.00. The number of nitrogens with zero attached hydrogens (tertiary/aromatic N) is 3. The molecular formula is C12H19N3. The standard InChI is InChI=1S/C12H19N3/c1-2-3-11-5-8-15(9-6-11)12-4-7-13-10-14-12/h4,7,10-11H,2-3,5-6,8-9H2,1H3. The molecule has 0 saturated carbocycles. The molecule has 0 unspecified atom stereocenters. The van der Waals surface area contributed by atoms with Crippen molar-refractivity contribution < 1.29 is 0 Å². The summed E-state index contributed by atoms with van der Waals surface area (Å²) >= 11 is 0. The lowest BCUT2D eigenvalue weighted by molar-refractivity contribution is 0.377. The lowest BCUT2D eigenvalue weighted by Crippen LogP contribution is -2.34. The van der Waals surface area contributed by atoms with Gasteiger partial charge in [0.2, 0.25) is 0 Å². The van der Waals surface area contributed by atoms with Gasteiger partial charge in [0, 0.05) is 19.3 Å². The van der Waals surface area contributed by atoms with Crippen molar-refractivity contribution in [1.82, 2.24) is 9.97 Å². The van der Waals surface area contributed by atoms with E-state index in [0.717, 1.165) is 24.8 Å². The highest BCUT2D eigenvalue weighted by molar-refractivity contribution is 5.36. The van der Waals surface area contributed by atoms with E-state index in [1.807, 2.05) is 12.3 Å². The summed E-state index contributed by atoms with van der Waals surface area (Å²) in [4.78, 5) is 10.6. The Bertz CT molecular complexity index is 278. The van der Waals surface area contributed by atoms with Gasteiger partial charge in [0.1, 0.15) is 12.1 Å². The fraction of sp³-hybridized carbons (Fsp3) is 0.667. The Balaban J connectivity index is 1.88. The molecule has 1 aliphatic rings. The van der Waals surface area contributed by atoms with Crippen LogP contribution in [0.25, 0.3) is 0 Å². The SMILES string of the molecule is CCCC1CCN(c2ccncn2)CC1. The van der Waals surface area contributed by atoms with Crippen LogP contribution in [0, 0.1) is 5.92 Å². The van der Waals surface area contributed by atoms with Crippen molar-refractivity contribution >= 4 is 5.82 Å². The molecule has 3 nitrogen and oxygen atoms in total. The molecule has 0 amide bonds. The van der Waals surface area contributed by atoms with Crippen LogP contribution in [-0.2, 0) is 0 Å². The van der Waals surface area contributed by atoms with Crippen molar-refractivity contribution in [1.29, 1.82) is 0 Å². The molecule has 0 bridgehead atoms. The minimum atomic E-state index is 0.938. The maximum absolute atomic E-state index is 4.29. The topological polar surface area (TPSA) is 29.0 Å². The van der Waals surface area contributed by atoms with Crippen LogP contribution < -0.4 is 4.90 Å². The summed E-state index contributed by atoms with van der Waals surface area (Å²) in [7, 11) is 0. The zero-order valence-electron chi connectivity index (χ0n) is 9.39. The van der Waals surface area contributed by atoms with E-state index in [1.165, 1.54) is 25.7 Å². The molecule has 2 rings (SSSR count). The number of piperidine rings is 1. The summed E-state index contributed by atoms with van der Waals surface area (Å²) in [5.74, 6) is 2.02. The minimum absolute atomic E-state index is 0.938. The molecule has 0 atom stereocenters. The van der Waals surface area contributed by atoms with Gasteiger partial charge in [-0.1, -0.05) is 19.8 Å². The maximum atomic E-state index is 4.29. The summed E-state index contributed by atoms with van der Waals surface area (Å²) in [5, 5.41) is 0. The second kappa shape index (κ2) is 5.10. The maximum Gasteiger partial charge on any atom is 0.131 e. The predicted octanol–water partition coefficient (Wildman–Crippen LogP) is 2.49. The second-order valence-electron chi connectivity index (χ2n) is 4.29. The van der Waals surface area contributed by atoms with Gasteiger partial charge in [-0.3, -0.25) is 0 Å². The summed E-state index contributed by atoms with van der Waals surface area (Å²) < 4.78 is 0. The summed E-state index contributed by atoms with van der Waals surface area (Å²) in [6.07, 6.45) is 8.79. The predicted molar refractivity (Wildman–Crippen MR) is 61.9 cm³/mol. The van der Waals surface area contributed by atoms with Gasteiger partial charge in [0.05, 0.1) is 0 Å². The smallest absolute Gasteiger partial charge is 0.131 e. The van der Waals surface area contributed by atoms with Crippen LogP contribution in [0.5, 0.6) is 0 Å². The van der Waals surface area contributed by atoms with Crippen LogP contribution in [0.4, 0.5) is 5.82 Å². The van der Waals surface area contributed by atoms with Gasteiger partial charge in [-0.15, -0.1) is 0 Å². The highest BCUT2D eigenvalue weighted by atomic mass is 15.2. The Kier molecular flexibility index (Phi) is 3.54. The first-order valence-electron chi connectivity index (χ1n) is 5.91. The van der Waals surface area contributed by atoms with Gasteiger partial charge in [-0.25, -0.2) is 9.97 Å². The van der Waals surface area contributed by atoms with Gasteiger partial charge in [-0.05, 0) is 24.8 Å². The molecule has 1 saturated heterocycles. The lowest BCUT2D eigenvalue weighted by Gasteiger charge is -2.32. The average Bonchev–Trinajstić information content (AvgIpc) is 2.32. The molecule has 1 aromatic heterocycles. The Morgan fingerprint density at radius 1 is 1.40 bits per heavy atom. The first kappa shape index (κ1) is 10.4. The van der Waals surface area contributed by atoms with Crippen molar-refractivity contribution in [3.63, 3.8) is 0 Å². The van der Waals surface area contributed by atoms with Crippen LogP contribution >= 0.6 is 0 Å². The van der Waals surface area contributed by atoms with Crippen molar-refractivity contribution in [3.05, 3.63) is 18.6 Å². The van der Waals surface area contributed by atoms with E-state index in [-0.39, 0.29) is 0 Å². The van der Waals surface area contributed by atoms with Crippen molar-refractivity contribution in [2.75, 3.05) is 18.0 Å². The number of hydrogen-bond donors (Lipinski definition) is 0. The van der Waals surface area contributed by atoms with Crippen LogP contribution in [-0.4, -0.2) is 23.1 Å². The molecule has 0 aliphatic carbocycles. The van der Waals surface area contributed by atoms with E-state index >= 15 is 0 Å². The Hall–Kier alpha value is -1.12. The van der Waals surface area contributed by atoms with Gasteiger partial charge >= 0.3 is 0 Å². The van der Waals surface area contributed by atoms with Gasteiger partial charge < -0.3 is 4.90 Å². The van der Waals surface area contributed by atoms with E-state index in [4.69, 9.17) is 0 Å². The largest absolute Gasteiger partial charge is 0.357 e. The number of hydrogen-bond acceptors (Lipinski definition) is 3. The highest BCUT2D eigenvalue weighted by Gasteiger charge is 2.18. The molecule has 82 valence electrons. The summed E-state index contributed by atoms with van der Waals surface area (Å²) in [5.41, 5.74) is 0. The number of anilines is 1. The molecular weight excluding hydrogens is 186 g/mol. The van der Waals surface area contributed by atoms with Gasteiger partial charge in [0.15, 0.2) is 0 Å². The van der Waals surface area contributed by atoms with Crippen molar-refractivity contribution in [2.24, 2.45) is 5.92 Å². The molecule has 0 spiro atoms. The van der Waals surface area contributed by atoms with Crippen LogP contribution in [0.1, 0.15) is 32.6 Å². The zero-order chi connectivity index (χ0) is 10.5. The quantitative estimate of drug-likeness (QED) is 0.759. The Morgan fingerprint density at radius 2 is 2.20 bits per heavy atom. The molecule has 0 N–H and O–H groups in total. The molecule has 15 heavy (non-hydrogen) atoms. The molecule has 1 aliphatic heterocycles. The second-order valence-corrected chi connectivity index (χ2v) is 4.29. The van der Waals surface area contributed by atoms with E-state index in [2.05, 4.69) is 21.8 Å². The number of rotatable bonds is 3. The molecule has 0 aromatic carbocycles. The van der Waals surface area contributed by atoms with Crippen LogP contribution in [0.2, 0.25) is 0 Å². The fourth-order valence-corrected chi connectivity index (χ4v) is 2.33. The monoisotopic (exact) mass is 205 g/mol. The van der Waals surface area contributed by atoms with Crippen molar-refractivity contribution in [2.45, 2.75) is 32.6 Å². The number of aromatic nitrogens is 2. The third-order valence-electron chi connectivity index (χ3n) is 3.20. The van der Waals surface area contributed by atoms with Crippen LogP contribution in [0.15, 0.2) is 18.6 Å². The van der Waals surface area contributed by atoms with Crippen LogP contribution in [0.3, 0.4) is 0 Å². The van der Waals surface area contributed by atoms with E-state index < -0.39 is 0 Å². The lowest BCUT2D eigenvalue weighted by atomic mass is 9.92. The van der Waals surface area contributed by atoms with Gasteiger partial charge in [-0.2, -0.15) is 0 Å². The van der Waals surface area contributed by atoms with Crippen molar-refractivity contribution in [3.8, 4) is 0 Å². The Labute approximate surface area is 91.5 Å². The molecule has 0 radical (unpaired) electrons. The molecule has 1 fully saturated rings.